The van der Waals surface area contributed by atoms with Crippen molar-refractivity contribution in [1.82, 2.24) is 0 Å². The van der Waals surface area contributed by atoms with E-state index >= 15 is 0 Å². The lowest BCUT2D eigenvalue weighted by atomic mass is 10.1. The Balaban J connectivity index is 2.17. The Morgan fingerprint density at radius 1 is 1.75 bits per heavy atom. The summed E-state index contributed by atoms with van der Waals surface area (Å²) in [5.74, 6) is 6.16. The van der Waals surface area contributed by atoms with Crippen molar-refractivity contribution in [2.45, 2.75) is 12.8 Å². The second kappa shape index (κ2) is 3.04. The average Bonchev–Trinajstić information content (AvgIpc) is 2.19. The van der Waals surface area contributed by atoms with Crippen molar-refractivity contribution in [1.29, 1.82) is 0 Å². The monoisotopic (exact) mass is 126 g/mol. The summed E-state index contributed by atoms with van der Waals surface area (Å²) >= 11 is 2.03. The van der Waals surface area contributed by atoms with Gasteiger partial charge in [0.2, 0.25) is 0 Å². The molecule has 0 aromatic carbocycles. The van der Waals surface area contributed by atoms with E-state index in [2.05, 4.69) is 5.92 Å². The summed E-state index contributed by atoms with van der Waals surface area (Å²) in [6.45, 7) is 0. The van der Waals surface area contributed by atoms with Gasteiger partial charge in [0.05, 0.1) is 0 Å². The van der Waals surface area contributed by atoms with Gasteiger partial charge in [-0.2, -0.15) is 11.8 Å². The molecule has 8 heavy (non-hydrogen) atoms. The minimum Gasteiger partial charge on any atom is -0.162 e. The lowest BCUT2D eigenvalue weighted by Crippen LogP contribution is -1.93. The van der Waals surface area contributed by atoms with Crippen molar-refractivity contribution in [3.05, 3.63) is 0 Å². The van der Waals surface area contributed by atoms with Gasteiger partial charge in [-0.1, -0.05) is 0 Å². The van der Waals surface area contributed by atoms with Crippen LogP contribution in [0.5, 0.6) is 0 Å². The molecule has 0 aliphatic carbocycles. The molecule has 1 atom stereocenters. The Kier molecular flexibility index (Phi) is 2.29. The Morgan fingerprint density at radius 3 is 3.12 bits per heavy atom. The van der Waals surface area contributed by atoms with Crippen LogP contribution in [0, 0.1) is 18.3 Å². The molecule has 0 bridgehead atoms. The molecule has 0 nitrogen and oxygen atoms in total. The largest absolute Gasteiger partial charge is 0.162 e. The molecule has 0 saturated carbocycles. The fourth-order valence-electron chi connectivity index (χ4n) is 0.911. The lowest BCUT2D eigenvalue weighted by molar-refractivity contribution is 0.619. The second-order valence-corrected chi connectivity index (χ2v) is 3.29. The van der Waals surface area contributed by atoms with E-state index in [4.69, 9.17) is 6.42 Å². The quantitative estimate of drug-likeness (QED) is 0.482. The van der Waals surface area contributed by atoms with Crippen LogP contribution in [0.4, 0.5) is 0 Å². The summed E-state index contributed by atoms with van der Waals surface area (Å²) < 4.78 is 0. The first-order valence-electron chi connectivity index (χ1n) is 2.94. The van der Waals surface area contributed by atoms with Crippen LogP contribution in [0.25, 0.3) is 0 Å². The van der Waals surface area contributed by atoms with Crippen LogP contribution < -0.4 is 0 Å². The second-order valence-electron chi connectivity index (χ2n) is 2.14. The molecule has 1 unspecified atom stereocenters. The van der Waals surface area contributed by atoms with E-state index in [9.17, 15) is 0 Å². The van der Waals surface area contributed by atoms with E-state index in [0.717, 1.165) is 12.3 Å². The highest BCUT2D eigenvalue weighted by Crippen LogP contribution is 2.25. The molecule has 1 heteroatoms. The van der Waals surface area contributed by atoms with Crippen LogP contribution >= 0.6 is 11.8 Å². The van der Waals surface area contributed by atoms with Gasteiger partial charge in [0.25, 0.3) is 0 Å². The van der Waals surface area contributed by atoms with Crippen molar-refractivity contribution < 1.29 is 0 Å². The molecule has 1 fully saturated rings. The maximum Gasteiger partial charge on any atom is 0.0123 e. The summed E-state index contributed by atoms with van der Waals surface area (Å²) in [5.41, 5.74) is 0. The van der Waals surface area contributed by atoms with Gasteiger partial charge in [0.1, 0.15) is 0 Å². The van der Waals surface area contributed by atoms with Crippen molar-refractivity contribution in [2.75, 3.05) is 11.5 Å². The number of rotatable bonds is 1. The normalized spacial score (nSPS) is 27.6. The van der Waals surface area contributed by atoms with Crippen molar-refractivity contribution in [3.63, 3.8) is 0 Å². The minimum atomic E-state index is 0.838. The molecule has 0 amide bonds. The molecular weight excluding hydrogens is 116 g/mol. The third-order valence-corrected chi connectivity index (χ3v) is 2.66. The lowest BCUT2D eigenvalue weighted by Gasteiger charge is -1.98. The predicted octanol–water partition coefficient (Wildman–Crippen LogP) is 1.76. The zero-order valence-electron chi connectivity index (χ0n) is 4.89. The summed E-state index contributed by atoms with van der Waals surface area (Å²) in [5, 5.41) is 0. The maximum absolute atomic E-state index is 5.15. The molecule has 1 saturated heterocycles. The highest BCUT2D eigenvalue weighted by molar-refractivity contribution is 7.99. The van der Waals surface area contributed by atoms with E-state index in [-0.39, 0.29) is 0 Å². The Hall–Kier alpha value is -0.0900. The van der Waals surface area contributed by atoms with Crippen LogP contribution in [0.15, 0.2) is 0 Å². The highest BCUT2D eigenvalue weighted by atomic mass is 32.2. The van der Waals surface area contributed by atoms with Gasteiger partial charge in [-0.15, -0.1) is 12.3 Å². The van der Waals surface area contributed by atoms with Gasteiger partial charge >= 0.3 is 0 Å². The fraction of sp³-hybridized carbons (Fsp3) is 0.714. The fourth-order valence-corrected chi connectivity index (χ4v) is 2.20. The van der Waals surface area contributed by atoms with Crippen molar-refractivity contribution in [2.24, 2.45) is 5.92 Å². The molecule has 0 aromatic rings. The molecule has 1 aliphatic rings. The standard InChI is InChI=1S/C7H10S/c1-2-3-7-4-5-8-6-7/h1,7H,3-6H2. The smallest absolute Gasteiger partial charge is 0.0123 e. The van der Waals surface area contributed by atoms with Gasteiger partial charge in [-0.25, -0.2) is 0 Å². The molecule has 1 aliphatic heterocycles. The zero-order chi connectivity index (χ0) is 5.82. The van der Waals surface area contributed by atoms with Crippen LogP contribution in [-0.4, -0.2) is 11.5 Å². The Bertz CT molecular complexity index is 95.4. The maximum atomic E-state index is 5.15. The molecule has 0 aromatic heterocycles. The van der Waals surface area contributed by atoms with Gasteiger partial charge in [0.15, 0.2) is 0 Å². The van der Waals surface area contributed by atoms with E-state index in [0.29, 0.717) is 0 Å². The third kappa shape index (κ3) is 1.45. The van der Waals surface area contributed by atoms with E-state index in [1.54, 1.807) is 0 Å². The number of hydrogen-bond acceptors (Lipinski definition) is 1. The van der Waals surface area contributed by atoms with Crippen LogP contribution in [0.3, 0.4) is 0 Å². The van der Waals surface area contributed by atoms with Gasteiger partial charge in [-0.3, -0.25) is 0 Å². The van der Waals surface area contributed by atoms with E-state index < -0.39 is 0 Å². The molecule has 0 spiro atoms. The van der Waals surface area contributed by atoms with Crippen molar-refractivity contribution in [3.8, 4) is 12.3 Å². The summed E-state index contributed by atoms with van der Waals surface area (Å²) in [6.07, 6.45) is 7.48. The van der Waals surface area contributed by atoms with E-state index in [1.165, 1.54) is 17.9 Å². The van der Waals surface area contributed by atoms with E-state index in [1.807, 2.05) is 11.8 Å². The zero-order valence-corrected chi connectivity index (χ0v) is 5.71. The highest BCUT2D eigenvalue weighted by Gasteiger charge is 2.12. The molecule has 0 N–H and O–H groups in total. The Labute approximate surface area is 55.0 Å². The molecular formula is C7H10S. The number of terminal acetylenes is 1. The molecule has 1 heterocycles. The predicted molar refractivity (Wildman–Crippen MR) is 38.9 cm³/mol. The van der Waals surface area contributed by atoms with Crippen LogP contribution in [0.2, 0.25) is 0 Å². The molecule has 1 rings (SSSR count). The first-order valence-corrected chi connectivity index (χ1v) is 4.10. The first kappa shape index (κ1) is 6.04. The summed E-state index contributed by atoms with van der Waals surface area (Å²) in [4.78, 5) is 0. The number of hydrogen-bond donors (Lipinski definition) is 0. The summed E-state index contributed by atoms with van der Waals surface area (Å²) in [7, 11) is 0. The van der Waals surface area contributed by atoms with Crippen LogP contribution in [0.1, 0.15) is 12.8 Å². The summed E-state index contributed by atoms with van der Waals surface area (Å²) in [6, 6.07) is 0. The molecule has 44 valence electrons. The SMILES string of the molecule is C#CCC1CCSC1. The topological polar surface area (TPSA) is 0 Å². The first-order chi connectivity index (χ1) is 3.93. The molecule has 0 radical (unpaired) electrons. The average molecular weight is 126 g/mol. The minimum absolute atomic E-state index is 0.838. The van der Waals surface area contributed by atoms with Crippen LogP contribution in [-0.2, 0) is 0 Å². The van der Waals surface area contributed by atoms with Gasteiger partial charge in [-0.05, 0) is 23.8 Å². The number of thioether (sulfide) groups is 1. The van der Waals surface area contributed by atoms with Gasteiger partial charge < -0.3 is 0 Å². The Morgan fingerprint density at radius 2 is 2.62 bits per heavy atom. The van der Waals surface area contributed by atoms with Gasteiger partial charge in [0, 0.05) is 6.42 Å². The third-order valence-electron chi connectivity index (χ3n) is 1.43. The van der Waals surface area contributed by atoms with Crippen molar-refractivity contribution >= 4 is 11.8 Å².